The quantitative estimate of drug-likeness (QED) is 0.314. The number of piperidine rings is 1. The third-order valence-electron chi connectivity index (χ3n) is 9.81. The molecule has 246 valence electrons. The Balaban J connectivity index is 0.00000461. The Bertz CT molecular complexity index is 1270. The van der Waals surface area contributed by atoms with Crippen LogP contribution >= 0.6 is 12.4 Å². The Hall–Kier alpha value is -3.14. The van der Waals surface area contributed by atoms with Crippen LogP contribution < -0.4 is 15.4 Å². The molecule has 1 saturated carbocycles. The second kappa shape index (κ2) is 15.9. The zero-order chi connectivity index (χ0) is 31.1. The Kier molecular flexibility index (Phi) is 12.3. The first kappa shape index (κ1) is 34.7. The van der Waals surface area contributed by atoms with Gasteiger partial charge in [0.2, 0.25) is 11.8 Å². The number of aliphatic hydroxyl groups is 1. The van der Waals surface area contributed by atoms with Gasteiger partial charge in [-0.25, -0.2) is 0 Å². The minimum absolute atomic E-state index is 0. The van der Waals surface area contributed by atoms with Crippen molar-refractivity contribution < 1.29 is 24.2 Å². The van der Waals surface area contributed by atoms with Crippen molar-refractivity contribution in [1.29, 1.82) is 0 Å². The first-order valence-electron chi connectivity index (χ1n) is 16.5. The zero-order valence-electron chi connectivity index (χ0n) is 26.6. The third kappa shape index (κ3) is 7.99. The predicted molar refractivity (Wildman–Crippen MR) is 177 cm³/mol. The Morgan fingerprint density at radius 3 is 2.18 bits per heavy atom. The number of nitrogens with one attached hydrogen (secondary N) is 2. The van der Waals surface area contributed by atoms with E-state index in [9.17, 15) is 19.5 Å². The molecule has 3 amide bonds. The first-order valence-corrected chi connectivity index (χ1v) is 16.5. The summed E-state index contributed by atoms with van der Waals surface area (Å²) in [6.45, 7) is 4.79. The number of unbranched alkanes of at least 4 members (excludes halogenated alkanes) is 1. The van der Waals surface area contributed by atoms with Crippen LogP contribution in [0.1, 0.15) is 87.1 Å². The third-order valence-corrected chi connectivity index (χ3v) is 9.81. The van der Waals surface area contributed by atoms with Crippen molar-refractivity contribution in [3.63, 3.8) is 0 Å². The molecule has 9 nitrogen and oxygen atoms in total. The molecule has 2 saturated heterocycles. The number of carbonyl (C=O) groups is 3. The van der Waals surface area contributed by atoms with E-state index in [-0.39, 0.29) is 36.0 Å². The topological polar surface area (TPSA) is 111 Å². The summed E-state index contributed by atoms with van der Waals surface area (Å²) in [5.41, 5.74) is 0.865. The van der Waals surface area contributed by atoms with Gasteiger partial charge in [0.1, 0.15) is 23.1 Å². The summed E-state index contributed by atoms with van der Waals surface area (Å²) in [6.07, 6.45) is 8.40. The standard InChI is InChI=1S/C35H48N4O5.ClH/c1-3-4-21-39-33(42)30(31(40)26-9-7-5-6-8-10-26)37-34(43)35(39)19-22-38(23-20-35)24-25-11-15-28(16-12-25)44-29-17-13-27(14-18-29)32(41)36-2;/h11-18,26,30-31,40H,3-10,19-24H2,1-2H3,(H,36,41)(H,37,43);1H/t30-,31-;/m1./s1. The van der Waals surface area contributed by atoms with E-state index in [1.165, 1.54) is 12.8 Å². The number of piperazine rings is 1. The average molecular weight is 641 g/mol. The molecule has 5 rings (SSSR count). The maximum absolute atomic E-state index is 13.9. The van der Waals surface area contributed by atoms with E-state index in [1.54, 1.807) is 31.3 Å². The predicted octanol–water partition coefficient (Wildman–Crippen LogP) is 5.05. The summed E-state index contributed by atoms with van der Waals surface area (Å²) in [7, 11) is 1.60. The highest BCUT2D eigenvalue weighted by Gasteiger charge is 2.55. The van der Waals surface area contributed by atoms with Crippen LogP contribution in [-0.4, -0.2) is 77.0 Å². The maximum Gasteiger partial charge on any atom is 0.251 e. The van der Waals surface area contributed by atoms with Gasteiger partial charge in [0.05, 0.1) is 6.10 Å². The zero-order valence-corrected chi connectivity index (χ0v) is 27.4. The van der Waals surface area contributed by atoms with Gasteiger partial charge in [0.15, 0.2) is 0 Å². The van der Waals surface area contributed by atoms with E-state index >= 15 is 0 Å². The van der Waals surface area contributed by atoms with E-state index in [0.29, 0.717) is 49.5 Å². The average Bonchev–Trinajstić information content (AvgIpc) is 3.34. The highest BCUT2D eigenvalue weighted by molar-refractivity contribution is 6.00. The van der Waals surface area contributed by atoms with E-state index in [0.717, 1.165) is 50.6 Å². The highest BCUT2D eigenvalue weighted by atomic mass is 35.5. The molecule has 0 radical (unpaired) electrons. The monoisotopic (exact) mass is 640 g/mol. The highest BCUT2D eigenvalue weighted by Crippen LogP contribution is 2.36. The van der Waals surface area contributed by atoms with Crippen LogP contribution in [0.15, 0.2) is 48.5 Å². The molecule has 45 heavy (non-hydrogen) atoms. The molecule has 1 aliphatic carbocycles. The van der Waals surface area contributed by atoms with Crippen LogP contribution in [0.2, 0.25) is 0 Å². The van der Waals surface area contributed by atoms with Crippen molar-refractivity contribution in [2.45, 2.75) is 95.4 Å². The normalized spacial score (nSPS) is 21.4. The summed E-state index contributed by atoms with van der Waals surface area (Å²) < 4.78 is 5.96. The van der Waals surface area contributed by atoms with Gasteiger partial charge >= 0.3 is 0 Å². The van der Waals surface area contributed by atoms with Crippen LogP contribution in [0.4, 0.5) is 0 Å². The number of ether oxygens (including phenoxy) is 1. The lowest BCUT2D eigenvalue weighted by atomic mass is 9.79. The largest absolute Gasteiger partial charge is 0.457 e. The van der Waals surface area contributed by atoms with Gasteiger partial charge in [0, 0.05) is 38.8 Å². The number of carbonyl (C=O) groups excluding carboxylic acids is 3. The van der Waals surface area contributed by atoms with E-state index in [2.05, 4.69) is 22.5 Å². The molecule has 3 N–H and O–H groups in total. The van der Waals surface area contributed by atoms with Crippen LogP contribution in [0, 0.1) is 5.92 Å². The molecule has 3 fully saturated rings. The summed E-state index contributed by atoms with van der Waals surface area (Å²) in [4.78, 5) is 43.7. The lowest BCUT2D eigenvalue weighted by Crippen LogP contribution is -2.75. The van der Waals surface area contributed by atoms with Gasteiger partial charge in [-0.05, 0) is 80.0 Å². The van der Waals surface area contributed by atoms with E-state index < -0.39 is 17.7 Å². The van der Waals surface area contributed by atoms with Crippen LogP contribution in [0.25, 0.3) is 0 Å². The van der Waals surface area contributed by atoms with Gasteiger partial charge < -0.3 is 25.4 Å². The second-order valence-electron chi connectivity index (χ2n) is 12.7. The van der Waals surface area contributed by atoms with E-state index in [4.69, 9.17) is 4.74 Å². The minimum Gasteiger partial charge on any atom is -0.457 e. The number of rotatable bonds is 10. The fourth-order valence-corrected chi connectivity index (χ4v) is 7.09. The molecule has 1 spiro atoms. The Morgan fingerprint density at radius 2 is 1.60 bits per heavy atom. The molecule has 2 heterocycles. The van der Waals surface area contributed by atoms with Gasteiger partial charge in [0.25, 0.3) is 5.91 Å². The summed E-state index contributed by atoms with van der Waals surface area (Å²) in [5, 5.41) is 16.9. The van der Waals surface area contributed by atoms with Crippen molar-refractivity contribution in [3.8, 4) is 11.5 Å². The minimum atomic E-state index is -0.854. The number of benzene rings is 2. The van der Waals surface area contributed by atoms with Gasteiger partial charge in [-0.15, -0.1) is 12.4 Å². The molecule has 0 bridgehead atoms. The molecule has 10 heteroatoms. The number of amides is 3. The molecule has 2 aliphatic heterocycles. The summed E-state index contributed by atoms with van der Waals surface area (Å²) in [6, 6.07) is 14.1. The molecule has 2 aromatic carbocycles. The van der Waals surface area contributed by atoms with Crippen molar-refractivity contribution >= 4 is 30.1 Å². The van der Waals surface area contributed by atoms with Crippen LogP contribution in [0.5, 0.6) is 11.5 Å². The van der Waals surface area contributed by atoms with Crippen molar-refractivity contribution in [2.75, 3.05) is 26.7 Å². The number of likely N-dealkylation sites (tertiary alicyclic amines) is 1. The lowest BCUT2D eigenvalue weighted by Gasteiger charge is -2.52. The molecule has 0 aromatic heterocycles. The second-order valence-corrected chi connectivity index (χ2v) is 12.7. The molecular weight excluding hydrogens is 592 g/mol. The van der Waals surface area contributed by atoms with Crippen molar-refractivity contribution in [3.05, 3.63) is 59.7 Å². The van der Waals surface area contributed by atoms with Crippen LogP contribution in [0.3, 0.4) is 0 Å². The SMILES string of the molecule is CCCCN1C(=O)[C@@H]([C@H](O)C2CCCCCC2)NC(=O)C12CCN(Cc1ccc(Oc3ccc(C(=O)NC)cc3)cc1)CC2.Cl. The maximum atomic E-state index is 13.9. The number of halogens is 1. The van der Waals surface area contributed by atoms with Gasteiger partial charge in [-0.1, -0.05) is 51.2 Å². The molecule has 3 aliphatic rings. The number of aliphatic hydroxyl groups excluding tert-OH is 1. The molecule has 2 aromatic rings. The van der Waals surface area contributed by atoms with Crippen molar-refractivity contribution in [2.24, 2.45) is 5.92 Å². The number of hydrogen-bond acceptors (Lipinski definition) is 6. The fourth-order valence-electron chi connectivity index (χ4n) is 7.09. The molecule has 2 atom stereocenters. The molecular formula is C35H49ClN4O5. The first-order chi connectivity index (χ1) is 21.3. The summed E-state index contributed by atoms with van der Waals surface area (Å²) >= 11 is 0. The van der Waals surface area contributed by atoms with Crippen LogP contribution in [-0.2, 0) is 16.1 Å². The van der Waals surface area contributed by atoms with Gasteiger partial charge in [-0.2, -0.15) is 0 Å². The Labute approximate surface area is 273 Å². The van der Waals surface area contributed by atoms with Gasteiger partial charge in [-0.3, -0.25) is 19.3 Å². The Morgan fingerprint density at radius 1 is 1.00 bits per heavy atom. The number of hydrogen-bond donors (Lipinski definition) is 3. The number of nitrogens with zero attached hydrogens (tertiary/aromatic N) is 2. The lowest BCUT2D eigenvalue weighted by molar-refractivity contribution is -0.165. The smallest absolute Gasteiger partial charge is 0.251 e. The summed E-state index contributed by atoms with van der Waals surface area (Å²) in [5.74, 6) is 1.08. The molecule has 0 unspecified atom stereocenters. The van der Waals surface area contributed by atoms with Crippen molar-refractivity contribution in [1.82, 2.24) is 20.4 Å². The fraction of sp³-hybridized carbons (Fsp3) is 0.571. The van der Waals surface area contributed by atoms with E-state index in [1.807, 2.05) is 29.2 Å².